The van der Waals surface area contributed by atoms with Gasteiger partial charge in [-0.15, -0.1) is 5.10 Å². The predicted molar refractivity (Wildman–Crippen MR) is 97.8 cm³/mol. The van der Waals surface area contributed by atoms with Crippen LogP contribution in [0, 0.1) is 0 Å². The van der Waals surface area contributed by atoms with Gasteiger partial charge in [0.2, 0.25) is 0 Å². The minimum atomic E-state index is -0.728. The van der Waals surface area contributed by atoms with Gasteiger partial charge >= 0.3 is 0 Å². The second kappa shape index (κ2) is 6.70. The molecule has 0 saturated carbocycles. The number of carbonyl (C=O) groups is 1. The zero-order chi connectivity index (χ0) is 16.6. The molecule has 0 aliphatic rings. The van der Waals surface area contributed by atoms with Crippen LogP contribution < -0.4 is 4.74 Å². The van der Waals surface area contributed by atoms with E-state index in [-0.39, 0.29) is 5.91 Å². The van der Waals surface area contributed by atoms with Crippen LogP contribution in [0.15, 0.2) is 49.8 Å². The Hall–Kier alpha value is -1.25. The number of hydrogen-bond donors (Lipinski definition) is 0. The number of ether oxygens (including phenoxy) is 1. The van der Waals surface area contributed by atoms with Crippen molar-refractivity contribution >= 4 is 64.7 Å². The van der Waals surface area contributed by atoms with E-state index < -0.39 is 6.10 Å². The molecule has 1 atom stereocenters. The molecule has 0 saturated heterocycles. The van der Waals surface area contributed by atoms with Gasteiger partial charge in [-0.05, 0) is 63.0 Å². The van der Waals surface area contributed by atoms with Crippen molar-refractivity contribution in [3.05, 3.63) is 49.8 Å². The lowest BCUT2D eigenvalue weighted by Gasteiger charge is -2.16. The Morgan fingerprint density at radius 1 is 1.17 bits per heavy atom. The first-order chi connectivity index (χ1) is 11.0. The molecular weight excluding hydrogens is 494 g/mol. The molecule has 8 heteroatoms. The molecule has 23 heavy (non-hydrogen) atoms. The highest BCUT2D eigenvalue weighted by molar-refractivity contribution is 9.11. The molecule has 0 aliphatic carbocycles. The first-order valence-electron chi connectivity index (χ1n) is 6.63. The summed E-state index contributed by atoms with van der Waals surface area (Å²) in [6.07, 6.45) is -0.728. The van der Waals surface area contributed by atoms with E-state index in [2.05, 4.69) is 58.1 Å². The number of rotatable bonds is 3. The quantitative estimate of drug-likeness (QED) is 0.514. The number of nitrogens with zero attached hydrogens (tertiary/aromatic N) is 3. The molecule has 5 nitrogen and oxygen atoms in total. The lowest BCUT2D eigenvalue weighted by Crippen LogP contribution is -2.30. The summed E-state index contributed by atoms with van der Waals surface area (Å²) in [5, 5.41) is 7.91. The smallest absolute Gasteiger partial charge is 0.289 e. The summed E-state index contributed by atoms with van der Waals surface area (Å²) >= 11 is 10.3. The van der Waals surface area contributed by atoms with Crippen LogP contribution in [0.3, 0.4) is 0 Å². The maximum Gasteiger partial charge on any atom is 0.289 e. The third kappa shape index (κ3) is 3.34. The van der Waals surface area contributed by atoms with E-state index in [0.717, 1.165) is 13.4 Å². The fourth-order valence-electron chi connectivity index (χ4n) is 2.07. The molecule has 1 aromatic heterocycles. The van der Waals surface area contributed by atoms with Crippen LogP contribution in [0.25, 0.3) is 11.0 Å². The van der Waals surface area contributed by atoms with Crippen LogP contribution in [-0.2, 0) is 0 Å². The Bertz CT molecular complexity index is 872. The highest BCUT2D eigenvalue weighted by Gasteiger charge is 2.22. The topological polar surface area (TPSA) is 57.0 Å². The molecule has 0 radical (unpaired) electrons. The number of hydrogen-bond acceptors (Lipinski definition) is 4. The number of fused-ring (bicyclic) bond motifs is 1. The molecule has 118 valence electrons. The maximum atomic E-state index is 12.6. The van der Waals surface area contributed by atoms with Gasteiger partial charge in [-0.1, -0.05) is 33.3 Å². The predicted octanol–water partition coefficient (Wildman–Crippen LogP) is 4.83. The summed E-state index contributed by atoms with van der Waals surface area (Å²) in [5.74, 6) is 0.263. The number of halogens is 3. The van der Waals surface area contributed by atoms with Gasteiger partial charge in [-0.3, -0.25) is 4.79 Å². The van der Waals surface area contributed by atoms with E-state index in [0.29, 0.717) is 16.8 Å². The molecule has 3 aromatic rings. The first kappa shape index (κ1) is 16.6. The molecule has 1 unspecified atom stereocenters. The number of para-hydroxylation sites is 1. The number of benzene rings is 2. The second-order valence-electron chi connectivity index (χ2n) is 4.79. The molecule has 0 bridgehead atoms. The average molecular weight is 504 g/mol. The van der Waals surface area contributed by atoms with Crippen molar-refractivity contribution in [2.75, 3.05) is 0 Å². The lowest BCUT2D eigenvalue weighted by molar-refractivity contribution is 0.0711. The Kier molecular flexibility index (Phi) is 4.84. The fourth-order valence-corrected chi connectivity index (χ4v) is 4.52. The summed E-state index contributed by atoms with van der Waals surface area (Å²) in [5.41, 5.74) is 1.32. The van der Waals surface area contributed by atoms with Gasteiger partial charge in [-0.2, -0.15) is 4.68 Å². The second-order valence-corrected chi connectivity index (χ2v) is 7.41. The van der Waals surface area contributed by atoms with E-state index in [4.69, 9.17) is 4.74 Å². The SMILES string of the molecule is CC(Oc1c(Br)cc(Br)cc1Br)C(=O)n1nnc2ccccc21. The molecule has 2 aromatic carbocycles. The van der Waals surface area contributed by atoms with Crippen molar-refractivity contribution in [1.82, 2.24) is 15.0 Å². The number of carbonyl (C=O) groups excluding carboxylic acids is 1. The molecule has 3 rings (SSSR count). The van der Waals surface area contributed by atoms with Gasteiger partial charge in [0.25, 0.3) is 5.91 Å². The van der Waals surface area contributed by atoms with Crippen LogP contribution in [0.5, 0.6) is 5.75 Å². The van der Waals surface area contributed by atoms with Crippen LogP contribution >= 0.6 is 47.8 Å². The van der Waals surface area contributed by atoms with Gasteiger partial charge in [0.05, 0.1) is 14.5 Å². The van der Waals surface area contributed by atoms with Gasteiger partial charge in [-0.25, -0.2) is 0 Å². The van der Waals surface area contributed by atoms with E-state index >= 15 is 0 Å². The highest BCUT2D eigenvalue weighted by Crippen LogP contribution is 2.37. The maximum absolute atomic E-state index is 12.6. The zero-order valence-electron chi connectivity index (χ0n) is 11.8. The summed E-state index contributed by atoms with van der Waals surface area (Å²) in [4.78, 5) is 12.6. The first-order valence-corrected chi connectivity index (χ1v) is 9.01. The van der Waals surface area contributed by atoms with E-state index in [1.54, 1.807) is 19.1 Å². The molecule has 0 amide bonds. The van der Waals surface area contributed by atoms with Gasteiger partial charge in [0, 0.05) is 4.47 Å². The van der Waals surface area contributed by atoms with Gasteiger partial charge < -0.3 is 4.74 Å². The summed E-state index contributed by atoms with van der Waals surface area (Å²) in [7, 11) is 0. The Morgan fingerprint density at radius 2 is 1.83 bits per heavy atom. The molecule has 1 heterocycles. The van der Waals surface area contributed by atoms with E-state index in [9.17, 15) is 4.79 Å². The van der Waals surface area contributed by atoms with E-state index in [1.807, 2.05) is 24.3 Å². The van der Waals surface area contributed by atoms with Crippen molar-refractivity contribution in [1.29, 1.82) is 0 Å². The van der Waals surface area contributed by atoms with Crippen LogP contribution in [-0.4, -0.2) is 27.0 Å². The summed E-state index contributed by atoms with van der Waals surface area (Å²) in [6, 6.07) is 11.0. The minimum Gasteiger partial charge on any atom is -0.478 e. The van der Waals surface area contributed by atoms with Crippen molar-refractivity contribution < 1.29 is 9.53 Å². The minimum absolute atomic E-state index is 0.291. The van der Waals surface area contributed by atoms with Gasteiger partial charge in [0.1, 0.15) is 11.3 Å². The summed E-state index contributed by atoms with van der Waals surface area (Å²) < 4.78 is 9.45. The van der Waals surface area contributed by atoms with E-state index in [1.165, 1.54) is 4.68 Å². The monoisotopic (exact) mass is 501 g/mol. The standard InChI is InChI=1S/C15H10Br3N3O2/c1-8(23-14-10(17)6-9(16)7-11(14)18)15(22)21-13-5-3-2-4-12(13)19-20-21/h2-8H,1H3. The van der Waals surface area contributed by atoms with Crippen molar-refractivity contribution in [3.63, 3.8) is 0 Å². The Morgan fingerprint density at radius 3 is 2.52 bits per heavy atom. The van der Waals surface area contributed by atoms with Crippen molar-refractivity contribution in [2.24, 2.45) is 0 Å². The molecule has 0 aliphatic heterocycles. The highest BCUT2D eigenvalue weighted by atomic mass is 79.9. The normalized spacial score (nSPS) is 12.3. The average Bonchev–Trinajstić information content (AvgIpc) is 2.93. The van der Waals surface area contributed by atoms with Crippen LogP contribution in [0.4, 0.5) is 0 Å². The zero-order valence-corrected chi connectivity index (χ0v) is 16.6. The third-order valence-corrected chi connectivity index (χ3v) is 4.80. The fraction of sp³-hybridized carbons (Fsp3) is 0.133. The molecular formula is C15H10Br3N3O2. The van der Waals surface area contributed by atoms with Crippen molar-refractivity contribution in [2.45, 2.75) is 13.0 Å². The molecule has 0 fully saturated rings. The Labute approximate surface area is 157 Å². The number of aromatic nitrogens is 3. The molecule has 0 N–H and O–H groups in total. The van der Waals surface area contributed by atoms with Crippen LogP contribution in [0.1, 0.15) is 11.7 Å². The third-order valence-electron chi connectivity index (χ3n) is 3.17. The summed E-state index contributed by atoms with van der Waals surface area (Å²) in [6.45, 7) is 1.68. The largest absolute Gasteiger partial charge is 0.478 e. The van der Waals surface area contributed by atoms with Crippen molar-refractivity contribution in [3.8, 4) is 5.75 Å². The van der Waals surface area contributed by atoms with Crippen LogP contribution in [0.2, 0.25) is 0 Å². The Balaban J connectivity index is 1.89. The lowest BCUT2D eigenvalue weighted by atomic mass is 10.3. The van der Waals surface area contributed by atoms with Gasteiger partial charge in [0.15, 0.2) is 6.10 Å². The molecule has 0 spiro atoms.